The van der Waals surface area contributed by atoms with Gasteiger partial charge in [-0.15, -0.1) is 0 Å². The lowest BCUT2D eigenvalue weighted by atomic mass is 10.2. The van der Waals surface area contributed by atoms with E-state index in [1.54, 1.807) is 35.2 Å². The molecule has 3 aromatic rings. The van der Waals surface area contributed by atoms with Gasteiger partial charge in [0.25, 0.3) is 5.91 Å². The van der Waals surface area contributed by atoms with Gasteiger partial charge >= 0.3 is 5.97 Å². The quantitative estimate of drug-likeness (QED) is 0.475. The summed E-state index contributed by atoms with van der Waals surface area (Å²) in [6.07, 6.45) is 0. The maximum atomic E-state index is 12.8. The first kappa shape index (κ1) is 22.1. The van der Waals surface area contributed by atoms with E-state index in [-0.39, 0.29) is 18.6 Å². The molecule has 6 heteroatoms. The molecule has 0 aromatic heterocycles. The lowest BCUT2D eigenvalue weighted by Crippen LogP contribution is -2.39. The van der Waals surface area contributed by atoms with Crippen molar-refractivity contribution in [2.24, 2.45) is 0 Å². The lowest BCUT2D eigenvalue weighted by molar-refractivity contribution is -0.122. The predicted octanol–water partition coefficient (Wildman–Crippen LogP) is 5.31. The highest BCUT2D eigenvalue weighted by molar-refractivity contribution is 7.99. The van der Waals surface area contributed by atoms with Crippen LogP contribution in [0.1, 0.15) is 29.8 Å². The molecule has 0 spiro atoms. The normalized spacial score (nSPS) is 10.4. The molecule has 0 atom stereocenters. The van der Waals surface area contributed by atoms with Crippen molar-refractivity contribution in [3.63, 3.8) is 0 Å². The zero-order valence-electron chi connectivity index (χ0n) is 17.3. The van der Waals surface area contributed by atoms with Gasteiger partial charge in [-0.3, -0.25) is 4.79 Å². The van der Waals surface area contributed by atoms with Crippen molar-refractivity contribution in [3.05, 3.63) is 90.0 Å². The van der Waals surface area contributed by atoms with Crippen molar-refractivity contribution in [2.45, 2.75) is 29.7 Å². The minimum atomic E-state index is -0.581. The number of benzene rings is 3. The molecule has 0 aliphatic rings. The molecule has 156 valence electrons. The van der Waals surface area contributed by atoms with E-state index in [0.29, 0.717) is 16.0 Å². The first-order chi connectivity index (χ1) is 15.0. The van der Waals surface area contributed by atoms with Crippen LogP contribution in [0.15, 0.2) is 88.7 Å². The Bertz CT molecular complexity index is 1110. The molecule has 0 heterocycles. The van der Waals surface area contributed by atoms with E-state index >= 15 is 0 Å². The number of carbonyl (C=O) groups excluding carboxylic acids is 2. The number of carbonyl (C=O) groups is 2. The Morgan fingerprint density at radius 1 is 0.935 bits per heavy atom. The zero-order valence-corrected chi connectivity index (χ0v) is 18.1. The van der Waals surface area contributed by atoms with Crippen LogP contribution in [0.4, 0.5) is 5.69 Å². The molecule has 0 N–H and O–H groups in total. The molecule has 0 bridgehead atoms. The summed E-state index contributed by atoms with van der Waals surface area (Å²) in [5.41, 5.74) is 1.63. The summed E-state index contributed by atoms with van der Waals surface area (Å²) < 4.78 is 5.37. The van der Waals surface area contributed by atoms with E-state index in [9.17, 15) is 14.9 Å². The molecule has 0 aliphatic carbocycles. The van der Waals surface area contributed by atoms with Gasteiger partial charge in [-0.1, -0.05) is 54.2 Å². The third kappa shape index (κ3) is 5.53. The van der Waals surface area contributed by atoms with Crippen molar-refractivity contribution in [2.75, 3.05) is 11.5 Å². The van der Waals surface area contributed by atoms with Crippen molar-refractivity contribution in [1.29, 1.82) is 5.26 Å². The maximum absolute atomic E-state index is 12.8. The van der Waals surface area contributed by atoms with Crippen LogP contribution in [0.25, 0.3) is 0 Å². The van der Waals surface area contributed by atoms with Gasteiger partial charge in [0.15, 0.2) is 6.61 Å². The number of nitriles is 1. The number of esters is 1. The molecule has 0 saturated carbocycles. The van der Waals surface area contributed by atoms with Crippen molar-refractivity contribution < 1.29 is 14.3 Å². The van der Waals surface area contributed by atoms with Gasteiger partial charge in [0.05, 0.1) is 11.1 Å². The Hall–Kier alpha value is -3.56. The van der Waals surface area contributed by atoms with E-state index in [1.165, 1.54) is 11.8 Å². The minimum Gasteiger partial charge on any atom is -0.452 e. The average Bonchev–Trinajstić information content (AvgIpc) is 2.79. The summed E-state index contributed by atoms with van der Waals surface area (Å²) in [6, 6.07) is 25.6. The number of amides is 1. The smallest absolute Gasteiger partial charge is 0.339 e. The van der Waals surface area contributed by atoms with Crippen molar-refractivity contribution >= 4 is 29.3 Å². The standard InChI is InChI=1S/C25H22N2O3S/c1-18(2)27(20-11-4-3-5-12-20)24(28)17-30-25(29)21-13-7-9-15-23(21)31-22-14-8-6-10-19(22)16-26/h3-15,18H,17H2,1-2H3. The van der Waals surface area contributed by atoms with Crippen LogP contribution in [0.3, 0.4) is 0 Å². The van der Waals surface area contributed by atoms with Crippen LogP contribution in [0.2, 0.25) is 0 Å². The summed E-state index contributed by atoms with van der Waals surface area (Å²) >= 11 is 1.32. The van der Waals surface area contributed by atoms with Crippen LogP contribution in [-0.2, 0) is 9.53 Å². The Kier molecular flexibility index (Phi) is 7.47. The fourth-order valence-electron chi connectivity index (χ4n) is 3.08. The Morgan fingerprint density at radius 3 is 2.23 bits per heavy atom. The summed E-state index contributed by atoms with van der Waals surface area (Å²) in [7, 11) is 0. The summed E-state index contributed by atoms with van der Waals surface area (Å²) in [6.45, 7) is 3.45. The number of para-hydroxylation sites is 1. The molecule has 0 aliphatic heterocycles. The topological polar surface area (TPSA) is 70.4 Å². The van der Waals surface area contributed by atoms with E-state index in [0.717, 1.165) is 10.6 Å². The van der Waals surface area contributed by atoms with Gasteiger partial charge in [-0.25, -0.2) is 4.79 Å². The third-order valence-corrected chi connectivity index (χ3v) is 5.63. The zero-order chi connectivity index (χ0) is 22.2. The Labute approximate surface area is 186 Å². The summed E-state index contributed by atoms with van der Waals surface area (Å²) in [5, 5.41) is 9.31. The van der Waals surface area contributed by atoms with E-state index in [2.05, 4.69) is 6.07 Å². The van der Waals surface area contributed by atoms with Crippen LogP contribution in [0, 0.1) is 11.3 Å². The monoisotopic (exact) mass is 430 g/mol. The number of hydrogen-bond acceptors (Lipinski definition) is 5. The van der Waals surface area contributed by atoms with Crippen molar-refractivity contribution in [3.8, 4) is 6.07 Å². The van der Waals surface area contributed by atoms with E-state index < -0.39 is 5.97 Å². The van der Waals surface area contributed by atoms with Crippen LogP contribution in [0.5, 0.6) is 0 Å². The van der Waals surface area contributed by atoms with Crippen LogP contribution < -0.4 is 4.90 Å². The van der Waals surface area contributed by atoms with E-state index in [1.807, 2.05) is 62.4 Å². The van der Waals surface area contributed by atoms with Gasteiger partial charge in [-0.2, -0.15) is 5.26 Å². The molecule has 3 aromatic carbocycles. The highest BCUT2D eigenvalue weighted by atomic mass is 32.2. The van der Waals surface area contributed by atoms with Gasteiger partial charge in [0.1, 0.15) is 6.07 Å². The van der Waals surface area contributed by atoms with Gasteiger partial charge in [0.2, 0.25) is 0 Å². The summed E-state index contributed by atoms with van der Waals surface area (Å²) in [4.78, 5) is 28.6. The Balaban J connectivity index is 1.74. The fraction of sp³-hybridized carbons (Fsp3) is 0.160. The number of ether oxygens (including phenoxy) is 1. The minimum absolute atomic E-state index is 0.0843. The molecule has 1 amide bonds. The molecule has 3 rings (SSSR count). The molecule has 0 fully saturated rings. The third-order valence-electron chi connectivity index (χ3n) is 4.48. The fourth-order valence-corrected chi connectivity index (χ4v) is 4.10. The highest BCUT2D eigenvalue weighted by Crippen LogP contribution is 2.33. The van der Waals surface area contributed by atoms with Crippen LogP contribution in [-0.4, -0.2) is 24.5 Å². The SMILES string of the molecule is CC(C)N(C(=O)COC(=O)c1ccccc1Sc1ccccc1C#N)c1ccccc1. The largest absolute Gasteiger partial charge is 0.452 e. The maximum Gasteiger partial charge on any atom is 0.339 e. The molecule has 0 radical (unpaired) electrons. The molecule has 0 saturated heterocycles. The first-order valence-corrected chi connectivity index (χ1v) is 10.6. The van der Waals surface area contributed by atoms with Crippen molar-refractivity contribution in [1.82, 2.24) is 0 Å². The number of nitrogens with zero attached hydrogens (tertiary/aromatic N) is 2. The van der Waals surface area contributed by atoms with E-state index in [4.69, 9.17) is 4.74 Å². The van der Waals surface area contributed by atoms with Gasteiger partial charge in [0, 0.05) is 21.5 Å². The van der Waals surface area contributed by atoms with Gasteiger partial charge in [-0.05, 0) is 50.2 Å². The summed E-state index contributed by atoms with van der Waals surface area (Å²) in [5.74, 6) is -0.878. The average molecular weight is 431 g/mol. The van der Waals surface area contributed by atoms with Gasteiger partial charge < -0.3 is 9.64 Å². The second-order valence-electron chi connectivity index (χ2n) is 6.98. The molecular formula is C25H22N2O3S. The Morgan fingerprint density at radius 2 is 1.55 bits per heavy atom. The number of hydrogen-bond donors (Lipinski definition) is 0. The molecular weight excluding hydrogens is 408 g/mol. The number of anilines is 1. The predicted molar refractivity (Wildman–Crippen MR) is 121 cm³/mol. The second kappa shape index (κ2) is 10.5. The first-order valence-electron chi connectivity index (χ1n) is 9.81. The second-order valence-corrected chi connectivity index (χ2v) is 8.06. The number of rotatable bonds is 7. The van der Waals surface area contributed by atoms with Crippen LogP contribution >= 0.6 is 11.8 Å². The molecule has 5 nitrogen and oxygen atoms in total. The lowest BCUT2D eigenvalue weighted by Gasteiger charge is -2.26. The molecule has 0 unspecified atom stereocenters. The molecule has 31 heavy (non-hydrogen) atoms. The highest BCUT2D eigenvalue weighted by Gasteiger charge is 2.22.